The highest BCUT2D eigenvalue weighted by molar-refractivity contribution is 7.89. The third-order valence-corrected chi connectivity index (χ3v) is 6.88. The fourth-order valence-corrected chi connectivity index (χ4v) is 4.89. The molecule has 1 heterocycles. The van der Waals surface area contributed by atoms with Crippen LogP contribution in [-0.2, 0) is 21.2 Å². The monoisotopic (exact) mass is 404 g/mol. The number of sulfonamides is 1. The quantitative estimate of drug-likeness (QED) is 0.770. The molecule has 1 amide bonds. The molecule has 1 saturated heterocycles. The van der Waals surface area contributed by atoms with Crippen LogP contribution in [0.15, 0.2) is 53.4 Å². The standard InChI is InChI=1S/C21H25FN2O3S/c1-17-4-2-5-18(16-17)6-11-21(25)23-12-3-13-24(15-14-23)28(26,27)20-9-7-19(22)8-10-20/h2,4-5,7-10,16H,3,6,11-15H2,1H3. The van der Waals surface area contributed by atoms with E-state index < -0.39 is 15.8 Å². The lowest BCUT2D eigenvalue weighted by molar-refractivity contribution is -0.131. The maximum atomic E-state index is 13.1. The van der Waals surface area contributed by atoms with E-state index in [0.29, 0.717) is 38.9 Å². The van der Waals surface area contributed by atoms with Gasteiger partial charge in [-0.05, 0) is 49.6 Å². The predicted octanol–water partition coefficient (Wildman–Crippen LogP) is 2.99. The lowest BCUT2D eigenvalue weighted by Crippen LogP contribution is -2.37. The summed E-state index contributed by atoms with van der Waals surface area (Å²) in [5, 5.41) is 0. The van der Waals surface area contributed by atoms with Crippen LogP contribution in [-0.4, -0.2) is 49.7 Å². The van der Waals surface area contributed by atoms with E-state index in [-0.39, 0.29) is 17.3 Å². The van der Waals surface area contributed by atoms with Gasteiger partial charge in [-0.2, -0.15) is 4.31 Å². The number of halogens is 1. The lowest BCUT2D eigenvalue weighted by atomic mass is 10.1. The van der Waals surface area contributed by atoms with E-state index >= 15 is 0 Å². The van der Waals surface area contributed by atoms with Crippen LogP contribution in [0.4, 0.5) is 4.39 Å². The Balaban J connectivity index is 1.59. The van der Waals surface area contributed by atoms with Crippen molar-refractivity contribution in [2.45, 2.75) is 31.1 Å². The molecule has 0 unspecified atom stereocenters. The van der Waals surface area contributed by atoms with Crippen molar-refractivity contribution in [3.8, 4) is 0 Å². The average Bonchev–Trinajstić information content (AvgIpc) is 2.93. The molecule has 2 aromatic rings. The van der Waals surface area contributed by atoms with Crippen molar-refractivity contribution >= 4 is 15.9 Å². The van der Waals surface area contributed by atoms with Gasteiger partial charge >= 0.3 is 0 Å². The molecule has 0 atom stereocenters. The zero-order valence-corrected chi connectivity index (χ0v) is 16.8. The molecule has 7 heteroatoms. The first-order valence-corrected chi connectivity index (χ1v) is 10.9. The Bertz CT molecular complexity index is 929. The molecular weight excluding hydrogens is 379 g/mol. The molecule has 2 aromatic carbocycles. The maximum absolute atomic E-state index is 13.1. The van der Waals surface area contributed by atoms with Crippen molar-refractivity contribution in [3.05, 3.63) is 65.5 Å². The summed E-state index contributed by atoms with van der Waals surface area (Å²) in [7, 11) is -3.68. The van der Waals surface area contributed by atoms with E-state index in [0.717, 1.165) is 17.7 Å². The van der Waals surface area contributed by atoms with Crippen LogP contribution >= 0.6 is 0 Å². The Morgan fingerprint density at radius 3 is 2.50 bits per heavy atom. The van der Waals surface area contributed by atoms with Crippen molar-refractivity contribution in [1.82, 2.24) is 9.21 Å². The third kappa shape index (κ3) is 4.97. The second kappa shape index (κ2) is 8.84. The third-order valence-electron chi connectivity index (χ3n) is 4.97. The smallest absolute Gasteiger partial charge is 0.243 e. The molecule has 0 saturated carbocycles. The molecule has 0 spiro atoms. The van der Waals surface area contributed by atoms with Gasteiger partial charge in [0.05, 0.1) is 4.90 Å². The second-order valence-corrected chi connectivity index (χ2v) is 9.02. The van der Waals surface area contributed by atoms with Gasteiger partial charge in [-0.1, -0.05) is 29.8 Å². The first kappa shape index (κ1) is 20.5. The molecule has 0 bridgehead atoms. The Hall–Kier alpha value is -2.25. The summed E-state index contributed by atoms with van der Waals surface area (Å²) in [4.78, 5) is 14.4. The minimum absolute atomic E-state index is 0.0440. The first-order valence-electron chi connectivity index (χ1n) is 9.45. The van der Waals surface area contributed by atoms with E-state index in [9.17, 15) is 17.6 Å². The number of hydrogen-bond donors (Lipinski definition) is 0. The number of carbonyl (C=O) groups is 1. The highest BCUT2D eigenvalue weighted by Crippen LogP contribution is 2.18. The fourth-order valence-electron chi connectivity index (χ4n) is 3.42. The number of nitrogens with zero attached hydrogens (tertiary/aromatic N) is 2. The highest BCUT2D eigenvalue weighted by Gasteiger charge is 2.28. The van der Waals surface area contributed by atoms with Gasteiger partial charge in [-0.15, -0.1) is 0 Å². The number of benzene rings is 2. The van der Waals surface area contributed by atoms with E-state index in [4.69, 9.17) is 0 Å². The summed E-state index contributed by atoms with van der Waals surface area (Å²) >= 11 is 0. The van der Waals surface area contributed by atoms with E-state index in [1.54, 1.807) is 4.90 Å². The Labute approximate surface area is 165 Å². The number of amides is 1. The average molecular weight is 405 g/mol. The van der Waals surface area contributed by atoms with Gasteiger partial charge in [0.15, 0.2) is 0 Å². The van der Waals surface area contributed by atoms with Crippen LogP contribution in [0.3, 0.4) is 0 Å². The first-order chi connectivity index (χ1) is 13.4. The molecule has 28 heavy (non-hydrogen) atoms. The van der Waals surface area contributed by atoms with Crippen LogP contribution in [0.1, 0.15) is 24.0 Å². The molecule has 0 radical (unpaired) electrons. The van der Waals surface area contributed by atoms with E-state index in [2.05, 4.69) is 6.07 Å². The molecule has 1 aliphatic heterocycles. The Morgan fingerprint density at radius 1 is 1.04 bits per heavy atom. The minimum atomic E-state index is -3.68. The molecule has 150 valence electrons. The number of carbonyl (C=O) groups excluding carboxylic acids is 1. The zero-order chi connectivity index (χ0) is 20.1. The summed E-state index contributed by atoms with van der Waals surface area (Å²) in [6, 6.07) is 12.9. The highest BCUT2D eigenvalue weighted by atomic mass is 32.2. The van der Waals surface area contributed by atoms with E-state index in [1.807, 2.05) is 25.1 Å². The summed E-state index contributed by atoms with van der Waals surface area (Å²) in [5.41, 5.74) is 2.30. The summed E-state index contributed by atoms with van der Waals surface area (Å²) in [6.07, 6.45) is 1.67. The summed E-state index contributed by atoms with van der Waals surface area (Å²) < 4.78 is 40.0. The van der Waals surface area contributed by atoms with Gasteiger partial charge < -0.3 is 4.90 Å². The lowest BCUT2D eigenvalue weighted by Gasteiger charge is -2.22. The molecule has 1 aliphatic rings. The fraction of sp³-hybridized carbons (Fsp3) is 0.381. The van der Waals surface area contributed by atoms with Crippen molar-refractivity contribution in [2.24, 2.45) is 0 Å². The largest absolute Gasteiger partial charge is 0.341 e. The molecule has 0 N–H and O–H groups in total. The van der Waals surface area contributed by atoms with Gasteiger partial charge in [0, 0.05) is 32.6 Å². The number of aryl methyl sites for hydroxylation is 2. The Morgan fingerprint density at radius 2 is 1.79 bits per heavy atom. The van der Waals surface area contributed by atoms with Crippen molar-refractivity contribution in [1.29, 1.82) is 0 Å². The Kier molecular flexibility index (Phi) is 6.46. The van der Waals surface area contributed by atoms with Gasteiger partial charge in [0.1, 0.15) is 5.82 Å². The van der Waals surface area contributed by atoms with Gasteiger partial charge in [-0.3, -0.25) is 4.79 Å². The van der Waals surface area contributed by atoms with Gasteiger partial charge in [0.25, 0.3) is 0 Å². The predicted molar refractivity (Wildman–Crippen MR) is 106 cm³/mol. The van der Waals surface area contributed by atoms with Crippen LogP contribution in [0.5, 0.6) is 0 Å². The molecule has 0 aromatic heterocycles. The molecule has 5 nitrogen and oxygen atoms in total. The molecular formula is C21H25FN2O3S. The molecule has 0 aliphatic carbocycles. The van der Waals surface area contributed by atoms with Crippen molar-refractivity contribution in [3.63, 3.8) is 0 Å². The van der Waals surface area contributed by atoms with E-state index in [1.165, 1.54) is 22.0 Å². The van der Waals surface area contributed by atoms with Gasteiger partial charge in [0.2, 0.25) is 15.9 Å². The van der Waals surface area contributed by atoms with Crippen molar-refractivity contribution < 1.29 is 17.6 Å². The number of hydrogen-bond acceptors (Lipinski definition) is 3. The van der Waals surface area contributed by atoms with Crippen LogP contribution in [0.2, 0.25) is 0 Å². The normalized spacial score (nSPS) is 16.0. The summed E-state index contributed by atoms with van der Waals surface area (Å²) in [6.45, 7) is 3.53. The zero-order valence-electron chi connectivity index (χ0n) is 16.0. The topological polar surface area (TPSA) is 57.7 Å². The van der Waals surface area contributed by atoms with Gasteiger partial charge in [-0.25, -0.2) is 12.8 Å². The maximum Gasteiger partial charge on any atom is 0.243 e. The second-order valence-electron chi connectivity index (χ2n) is 7.08. The minimum Gasteiger partial charge on any atom is -0.341 e. The van der Waals surface area contributed by atoms with Crippen molar-refractivity contribution in [2.75, 3.05) is 26.2 Å². The molecule has 1 fully saturated rings. The van der Waals surface area contributed by atoms with Crippen LogP contribution in [0.25, 0.3) is 0 Å². The molecule has 3 rings (SSSR count). The van der Waals surface area contributed by atoms with Crippen LogP contribution in [0, 0.1) is 12.7 Å². The van der Waals surface area contributed by atoms with Crippen LogP contribution < -0.4 is 0 Å². The SMILES string of the molecule is Cc1cccc(CCC(=O)N2CCCN(S(=O)(=O)c3ccc(F)cc3)CC2)c1. The number of rotatable bonds is 5. The summed E-state index contributed by atoms with van der Waals surface area (Å²) in [5.74, 6) is -0.428.